The van der Waals surface area contributed by atoms with E-state index in [9.17, 15) is 13.2 Å². The fourth-order valence-electron chi connectivity index (χ4n) is 3.34. The summed E-state index contributed by atoms with van der Waals surface area (Å²) in [5, 5.41) is 9.61. The van der Waals surface area contributed by atoms with E-state index in [-0.39, 0.29) is 16.8 Å². The van der Waals surface area contributed by atoms with Gasteiger partial charge in [0.2, 0.25) is 10.0 Å². The molecule has 28 heavy (non-hydrogen) atoms. The van der Waals surface area contributed by atoms with Crippen LogP contribution < -0.4 is 5.32 Å². The molecule has 0 bridgehead atoms. The highest BCUT2D eigenvalue weighted by atomic mass is 32.2. The molecule has 8 nitrogen and oxygen atoms in total. The third-order valence-corrected chi connectivity index (χ3v) is 7.46. The quantitative estimate of drug-likeness (QED) is 0.693. The number of piperidine rings is 1. The van der Waals surface area contributed by atoms with E-state index in [1.807, 2.05) is 14.0 Å². The Morgan fingerprint density at radius 2 is 2.04 bits per heavy atom. The van der Waals surface area contributed by atoms with Crippen LogP contribution in [0, 0.1) is 4.77 Å². The number of nitrogens with one attached hydrogen (secondary N) is 2. The molecule has 2 heterocycles. The van der Waals surface area contributed by atoms with Gasteiger partial charge in [0.05, 0.1) is 4.90 Å². The molecule has 152 valence electrons. The number of hydrogen-bond donors (Lipinski definition) is 2. The fraction of sp³-hybridized carbons (Fsp3) is 0.500. The molecule has 1 aliphatic heterocycles. The van der Waals surface area contributed by atoms with Gasteiger partial charge in [-0.1, -0.05) is 6.42 Å². The lowest BCUT2D eigenvalue weighted by Crippen LogP contribution is -2.41. The molecular formula is C18H25N5O3S2. The zero-order chi connectivity index (χ0) is 20.3. The molecule has 1 unspecified atom stereocenters. The number of sulfonamides is 1. The van der Waals surface area contributed by atoms with Crippen LogP contribution in [0.1, 0.15) is 42.4 Å². The average molecular weight is 424 g/mol. The minimum Gasteiger partial charge on any atom is -0.352 e. The smallest absolute Gasteiger partial charge is 0.251 e. The zero-order valence-electron chi connectivity index (χ0n) is 16.0. The van der Waals surface area contributed by atoms with Crippen molar-refractivity contribution in [3.05, 3.63) is 40.4 Å². The average Bonchev–Trinajstić information content (AvgIpc) is 3.00. The van der Waals surface area contributed by atoms with Crippen LogP contribution in [0.4, 0.5) is 0 Å². The van der Waals surface area contributed by atoms with Crippen molar-refractivity contribution in [3.8, 4) is 0 Å². The highest BCUT2D eigenvalue weighted by molar-refractivity contribution is 7.89. The van der Waals surface area contributed by atoms with Crippen LogP contribution in [0.25, 0.3) is 0 Å². The molecule has 1 aliphatic rings. The predicted octanol–water partition coefficient (Wildman–Crippen LogP) is 2.01. The van der Waals surface area contributed by atoms with Gasteiger partial charge in [-0.3, -0.25) is 9.89 Å². The number of rotatable bonds is 6. The SMILES string of the molecule is CC1CCCCN1S(=O)(=O)c1ccc(C(=O)NCCc2n[nH]c(=S)n2C)cc1. The van der Waals surface area contributed by atoms with Gasteiger partial charge < -0.3 is 9.88 Å². The molecule has 2 N–H and O–H groups in total. The van der Waals surface area contributed by atoms with Gasteiger partial charge in [-0.15, -0.1) is 0 Å². The molecule has 0 aliphatic carbocycles. The van der Waals surface area contributed by atoms with Crippen LogP contribution in [0.3, 0.4) is 0 Å². The number of H-pyrrole nitrogens is 1. The van der Waals surface area contributed by atoms with Crippen LogP contribution in [-0.4, -0.2) is 52.5 Å². The summed E-state index contributed by atoms with van der Waals surface area (Å²) in [5.41, 5.74) is 0.418. The predicted molar refractivity (Wildman–Crippen MR) is 108 cm³/mol. The molecule has 2 aromatic rings. The Labute approximate surface area is 170 Å². The van der Waals surface area contributed by atoms with Crippen molar-refractivity contribution < 1.29 is 13.2 Å². The van der Waals surface area contributed by atoms with E-state index >= 15 is 0 Å². The van der Waals surface area contributed by atoms with E-state index in [1.54, 1.807) is 21.0 Å². The number of carbonyl (C=O) groups is 1. The van der Waals surface area contributed by atoms with E-state index in [0.29, 0.717) is 29.8 Å². The normalized spacial score (nSPS) is 18.1. The van der Waals surface area contributed by atoms with E-state index in [2.05, 4.69) is 15.5 Å². The second kappa shape index (κ2) is 8.54. The molecule has 0 spiro atoms. The Balaban J connectivity index is 1.62. The van der Waals surface area contributed by atoms with Crippen molar-refractivity contribution in [1.82, 2.24) is 24.4 Å². The molecule has 1 aromatic heterocycles. The van der Waals surface area contributed by atoms with E-state index in [4.69, 9.17) is 12.2 Å². The lowest BCUT2D eigenvalue weighted by molar-refractivity contribution is 0.0953. The van der Waals surface area contributed by atoms with Crippen LogP contribution >= 0.6 is 12.2 Å². The topological polar surface area (TPSA) is 100 Å². The van der Waals surface area contributed by atoms with Crippen molar-refractivity contribution in [2.24, 2.45) is 7.05 Å². The maximum atomic E-state index is 12.8. The first-order chi connectivity index (χ1) is 13.3. The summed E-state index contributed by atoms with van der Waals surface area (Å²) in [5.74, 6) is 0.495. The summed E-state index contributed by atoms with van der Waals surface area (Å²) in [6.45, 7) is 2.88. The number of amides is 1. The van der Waals surface area contributed by atoms with Crippen molar-refractivity contribution in [1.29, 1.82) is 0 Å². The Morgan fingerprint density at radius 3 is 2.64 bits per heavy atom. The number of aromatic nitrogens is 3. The Hall–Kier alpha value is -2.04. The number of carbonyl (C=O) groups excluding carboxylic acids is 1. The lowest BCUT2D eigenvalue weighted by atomic mass is 10.1. The standard InChI is InChI=1S/C18H25N5O3S2/c1-13-5-3-4-12-23(13)28(25,26)15-8-6-14(7-9-15)17(24)19-11-10-16-20-21-18(27)22(16)2/h6-9,13H,3-5,10-12H2,1-2H3,(H,19,24)(H,21,27). The molecular weight excluding hydrogens is 398 g/mol. The number of nitrogens with zero attached hydrogens (tertiary/aromatic N) is 3. The second-order valence-electron chi connectivity index (χ2n) is 6.99. The van der Waals surface area contributed by atoms with Gasteiger partial charge in [-0.25, -0.2) is 8.42 Å². The molecule has 0 radical (unpaired) electrons. The molecule has 1 aromatic carbocycles. The number of aromatic amines is 1. The highest BCUT2D eigenvalue weighted by Gasteiger charge is 2.30. The summed E-state index contributed by atoms with van der Waals surface area (Å²) >= 11 is 5.05. The van der Waals surface area contributed by atoms with E-state index in [0.717, 1.165) is 25.1 Å². The molecule has 1 fully saturated rings. The summed E-state index contributed by atoms with van der Waals surface area (Å²) in [4.78, 5) is 12.5. The van der Waals surface area contributed by atoms with Crippen molar-refractivity contribution in [2.75, 3.05) is 13.1 Å². The first-order valence-electron chi connectivity index (χ1n) is 9.31. The first kappa shape index (κ1) is 20.7. The van der Waals surface area contributed by atoms with Crippen LogP contribution in [0.2, 0.25) is 0 Å². The number of benzene rings is 1. The highest BCUT2D eigenvalue weighted by Crippen LogP contribution is 2.25. The zero-order valence-corrected chi connectivity index (χ0v) is 17.6. The minimum absolute atomic E-state index is 0.000675. The third kappa shape index (κ3) is 4.34. The Bertz CT molecular complexity index is 995. The molecule has 0 saturated carbocycles. The molecule has 10 heteroatoms. The Morgan fingerprint density at radius 1 is 1.32 bits per heavy atom. The van der Waals surface area contributed by atoms with Gasteiger partial charge in [0, 0.05) is 38.2 Å². The van der Waals surface area contributed by atoms with Crippen molar-refractivity contribution >= 4 is 28.1 Å². The van der Waals surface area contributed by atoms with Crippen LogP contribution in [0.5, 0.6) is 0 Å². The van der Waals surface area contributed by atoms with Gasteiger partial charge in [-0.05, 0) is 56.2 Å². The maximum absolute atomic E-state index is 12.8. The molecule has 1 saturated heterocycles. The minimum atomic E-state index is -3.53. The largest absolute Gasteiger partial charge is 0.352 e. The van der Waals surface area contributed by atoms with Crippen LogP contribution in [0.15, 0.2) is 29.2 Å². The van der Waals surface area contributed by atoms with Crippen molar-refractivity contribution in [3.63, 3.8) is 0 Å². The molecule has 1 atom stereocenters. The van der Waals surface area contributed by atoms with Crippen LogP contribution in [-0.2, 0) is 23.5 Å². The van der Waals surface area contributed by atoms with Gasteiger partial charge in [-0.2, -0.15) is 9.40 Å². The van der Waals surface area contributed by atoms with Gasteiger partial charge in [0.15, 0.2) is 4.77 Å². The van der Waals surface area contributed by atoms with Crippen molar-refractivity contribution in [2.45, 2.75) is 43.5 Å². The monoisotopic (exact) mass is 423 g/mol. The summed E-state index contributed by atoms with van der Waals surface area (Å²) in [6, 6.07) is 6.10. The van der Waals surface area contributed by atoms with Gasteiger partial charge in [0.1, 0.15) is 5.82 Å². The summed E-state index contributed by atoms with van der Waals surface area (Å²) in [7, 11) is -1.72. The van der Waals surface area contributed by atoms with Gasteiger partial charge >= 0.3 is 0 Å². The lowest BCUT2D eigenvalue weighted by Gasteiger charge is -2.32. The molecule has 1 amide bonds. The van der Waals surface area contributed by atoms with E-state index < -0.39 is 10.0 Å². The number of hydrogen-bond acceptors (Lipinski definition) is 5. The first-order valence-corrected chi connectivity index (χ1v) is 11.2. The summed E-state index contributed by atoms with van der Waals surface area (Å²) in [6.07, 6.45) is 3.34. The second-order valence-corrected chi connectivity index (χ2v) is 9.27. The summed E-state index contributed by atoms with van der Waals surface area (Å²) < 4.78 is 29.5. The third-order valence-electron chi connectivity index (χ3n) is 5.07. The fourth-order valence-corrected chi connectivity index (χ4v) is 5.19. The van der Waals surface area contributed by atoms with Gasteiger partial charge in [0.25, 0.3) is 5.91 Å². The van der Waals surface area contributed by atoms with E-state index in [1.165, 1.54) is 12.1 Å². The molecule has 3 rings (SSSR count). The maximum Gasteiger partial charge on any atom is 0.251 e. The Kier molecular flexibility index (Phi) is 6.31.